The van der Waals surface area contributed by atoms with Crippen molar-refractivity contribution in [2.45, 2.75) is 36.0 Å². The summed E-state index contributed by atoms with van der Waals surface area (Å²) in [5.74, 6) is 0. The summed E-state index contributed by atoms with van der Waals surface area (Å²) in [7, 11) is 3.52. The molecule has 0 saturated carbocycles. The average molecular weight is 909 g/mol. The molecule has 0 saturated heterocycles. The van der Waals surface area contributed by atoms with Crippen LogP contribution in [0.5, 0.6) is 0 Å². The third-order valence-electron chi connectivity index (χ3n) is 9.96. The van der Waals surface area contributed by atoms with Crippen LogP contribution in [0.4, 0.5) is 17.1 Å². The minimum Gasteiger partial charge on any atom is -0.310 e. The van der Waals surface area contributed by atoms with Gasteiger partial charge in [0, 0.05) is 91.0 Å². The number of rotatable bonds is 8. The van der Waals surface area contributed by atoms with Crippen molar-refractivity contribution in [3.05, 3.63) is 156 Å². The van der Waals surface area contributed by atoms with E-state index in [1.165, 1.54) is 59.5 Å². The van der Waals surface area contributed by atoms with E-state index in [1.54, 1.807) is 17.9 Å². The van der Waals surface area contributed by atoms with E-state index in [0.29, 0.717) is 0 Å². The minimum absolute atomic E-state index is 0.254. The van der Waals surface area contributed by atoms with E-state index in [2.05, 4.69) is 219 Å². The lowest BCUT2D eigenvalue weighted by molar-refractivity contribution is 0.660. The van der Waals surface area contributed by atoms with Crippen LogP contribution in [0.3, 0.4) is 0 Å². The van der Waals surface area contributed by atoms with E-state index < -0.39 is 0 Å². The van der Waals surface area contributed by atoms with Gasteiger partial charge in [0.1, 0.15) is 0 Å². The lowest BCUT2D eigenvalue weighted by Crippen LogP contribution is -2.18. The van der Waals surface area contributed by atoms with E-state index in [-0.39, 0.29) is 5.41 Å². The van der Waals surface area contributed by atoms with Gasteiger partial charge in [0.25, 0.3) is 0 Å². The largest absolute Gasteiger partial charge is 0.310 e. The van der Waals surface area contributed by atoms with Crippen molar-refractivity contribution in [2.24, 2.45) is 0 Å². The predicted molar refractivity (Wildman–Crippen MR) is 238 cm³/mol. The van der Waals surface area contributed by atoms with Gasteiger partial charge in [0.2, 0.25) is 0 Å². The molecule has 8 rings (SSSR count). The maximum atomic E-state index is 4.41. The standard InChI is InChI=1S/C44H34I2N2S2/c1-5-13-34-33(6-2)43-35-21-18-30(48-40-22-19-31(49-45)25-36(40)37-26-32(50-46)20-23-41(37)48)24-38(35)44(3,4)39(43)27-42(34)47(28-14-9-7-10-15-28)29-16-11-8-12-17-29/h5-27H,2H2,1,3-4H3/b13-5-. The molecule has 0 fully saturated rings. The molecule has 50 heavy (non-hydrogen) atoms. The molecular weight excluding hydrogens is 874 g/mol. The highest BCUT2D eigenvalue weighted by Gasteiger charge is 2.39. The number of benzene rings is 6. The number of nitrogens with zero attached hydrogens (tertiary/aromatic N) is 2. The van der Waals surface area contributed by atoms with Gasteiger partial charge in [-0.2, -0.15) is 0 Å². The Bertz CT molecular complexity index is 2360. The summed E-state index contributed by atoms with van der Waals surface area (Å²) in [6.07, 6.45) is 6.44. The van der Waals surface area contributed by atoms with E-state index in [1.807, 2.05) is 0 Å². The Balaban J connectivity index is 1.37. The zero-order valence-electron chi connectivity index (χ0n) is 28.0. The first-order valence-electron chi connectivity index (χ1n) is 16.6. The minimum atomic E-state index is -0.254. The molecule has 6 heteroatoms. The maximum Gasteiger partial charge on any atom is 0.0543 e. The highest BCUT2D eigenvalue weighted by Crippen LogP contribution is 2.55. The number of para-hydroxylation sites is 2. The third kappa shape index (κ3) is 5.45. The Morgan fingerprint density at radius 3 is 1.78 bits per heavy atom. The zero-order chi connectivity index (χ0) is 34.6. The lowest BCUT2D eigenvalue weighted by Gasteiger charge is -2.31. The summed E-state index contributed by atoms with van der Waals surface area (Å²) < 4.78 is 2.45. The molecule has 0 N–H and O–H groups in total. The summed E-state index contributed by atoms with van der Waals surface area (Å²) in [6.45, 7) is 11.3. The van der Waals surface area contributed by atoms with Crippen LogP contribution >= 0.6 is 60.3 Å². The van der Waals surface area contributed by atoms with Crippen molar-refractivity contribution < 1.29 is 0 Å². The summed E-state index contributed by atoms with van der Waals surface area (Å²) in [6, 6.07) is 44.6. The Morgan fingerprint density at radius 1 is 0.680 bits per heavy atom. The Kier molecular flexibility index (Phi) is 9.16. The van der Waals surface area contributed by atoms with E-state index in [4.69, 9.17) is 0 Å². The number of allylic oxidation sites excluding steroid dienone is 1. The van der Waals surface area contributed by atoms with Crippen LogP contribution in [0.1, 0.15) is 43.0 Å². The topological polar surface area (TPSA) is 8.17 Å². The van der Waals surface area contributed by atoms with Gasteiger partial charge in [0.15, 0.2) is 0 Å². The number of hydrogen-bond donors (Lipinski definition) is 0. The van der Waals surface area contributed by atoms with Crippen LogP contribution in [0.2, 0.25) is 0 Å². The van der Waals surface area contributed by atoms with E-state index in [9.17, 15) is 0 Å². The van der Waals surface area contributed by atoms with Gasteiger partial charge in [-0.1, -0.05) is 99.0 Å². The first kappa shape index (κ1) is 33.7. The molecule has 0 amide bonds. The van der Waals surface area contributed by atoms with Crippen LogP contribution in [-0.2, 0) is 5.41 Å². The molecular formula is C44H34I2N2S2. The van der Waals surface area contributed by atoms with Crippen molar-refractivity contribution >= 4 is 111 Å². The Morgan fingerprint density at radius 2 is 1.26 bits per heavy atom. The van der Waals surface area contributed by atoms with E-state index >= 15 is 0 Å². The van der Waals surface area contributed by atoms with Gasteiger partial charge in [-0.15, -0.1) is 0 Å². The summed E-state index contributed by atoms with van der Waals surface area (Å²) in [4.78, 5) is 4.91. The number of halogens is 2. The summed E-state index contributed by atoms with van der Waals surface area (Å²) in [5, 5.41) is 2.57. The van der Waals surface area contributed by atoms with Crippen LogP contribution in [0.25, 0.3) is 50.8 Å². The molecule has 1 aliphatic carbocycles. The molecule has 0 radical (unpaired) electrons. The van der Waals surface area contributed by atoms with E-state index in [0.717, 1.165) is 28.2 Å². The molecule has 2 nitrogen and oxygen atoms in total. The quantitative estimate of drug-likeness (QED) is 0.141. The smallest absolute Gasteiger partial charge is 0.0543 e. The van der Waals surface area contributed by atoms with Crippen molar-refractivity contribution in [3.8, 4) is 16.8 Å². The molecule has 1 aromatic heterocycles. The van der Waals surface area contributed by atoms with Gasteiger partial charge < -0.3 is 9.47 Å². The fourth-order valence-corrected chi connectivity index (χ4v) is 9.92. The van der Waals surface area contributed by atoms with Crippen LogP contribution in [0, 0.1) is 0 Å². The summed E-state index contributed by atoms with van der Waals surface area (Å²) >= 11 is 4.76. The van der Waals surface area contributed by atoms with Crippen molar-refractivity contribution in [3.63, 3.8) is 0 Å². The molecule has 7 aromatic rings. The Hall–Kier alpha value is -3.44. The fourth-order valence-electron chi connectivity index (χ4n) is 7.71. The van der Waals surface area contributed by atoms with Crippen molar-refractivity contribution in [1.82, 2.24) is 4.57 Å². The van der Waals surface area contributed by atoms with Crippen LogP contribution < -0.4 is 4.90 Å². The number of fused-ring (bicyclic) bond motifs is 6. The second kappa shape index (κ2) is 13.6. The molecule has 0 bridgehead atoms. The monoisotopic (exact) mass is 908 g/mol. The van der Waals surface area contributed by atoms with Gasteiger partial charge in [-0.05, 0) is 114 Å². The number of anilines is 3. The molecule has 0 unspecified atom stereocenters. The highest BCUT2D eigenvalue weighted by molar-refractivity contribution is 14.2. The highest BCUT2D eigenvalue weighted by atomic mass is 127. The first-order chi connectivity index (χ1) is 24.4. The number of aromatic nitrogens is 1. The van der Waals surface area contributed by atoms with Gasteiger partial charge in [-0.25, -0.2) is 0 Å². The fraction of sp³-hybridized carbons (Fsp3) is 0.0909. The summed E-state index contributed by atoms with van der Waals surface area (Å²) in [5.41, 5.74) is 14.3. The molecule has 1 aliphatic rings. The number of hydrogen-bond acceptors (Lipinski definition) is 3. The van der Waals surface area contributed by atoms with Gasteiger partial charge in [-0.3, -0.25) is 0 Å². The molecule has 0 aliphatic heterocycles. The normalized spacial score (nSPS) is 13.2. The molecule has 6 aromatic carbocycles. The second-order valence-electron chi connectivity index (χ2n) is 13.1. The molecule has 0 atom stereocenters. The van der Waals surface area contributed by atoms with Crippen LogP contribution in [-0.4, -0.2) is 4.57 Å². The second-order valence-corrected chi connectivity index (χ2v) is 17.0. The molecule has 0 spiro atoms. The third-order valence-corrected chi connectivity index (χ3v) is 13.9. The lowest BCUT2D eigenvalue weighted by atomic mass is 9.81. The molecule has 246 valence electrons. The SMILES string of the molecule is C=Cc1c(/C=C\C)c(N(c2ccccc2)c2ccccc2)cc2c1-c1ccc(-n3c4ccc(SI)cc4c4cc(SI)ccc43)cc1C2(C)C. The average Bonchev–Trinajstić information content (AvgIpc) is 3.59. The Labute approximate surface area is 326 Å². The zero-order valence-corrected chi connectivity index (χ0v) is 33.9. The van der Waals surface area contributed by atoms with Crippen molar-refractivity contribution in [2.75, 3.05) is 4.90 Å². The maximum absolute atomic E-state index is 4.41. The first-order valence-corrected chi connectivity index (χ1v) is 23.3. The van der Waals surface area contributed by atoms with Gasteiger partial charge in [0.05, 0.1) is 16.7 Å². The van der Waals surface area contributed by atoms with Crippen molar-refractivity contribution in [1.29, 1.82) is 0 Å². The van der Waals surface area contributed by atoms with Crippen LogP contribution in [0.15, 0.2) is 144 Å². The van der Waals surface area contributed by atoms with Gasteiger partial charge >= 0.3 is 0 Å². The molecule has 1 heterocycles. The predicted octanol–water partition coefficient (Wildman–Crippen LogP) is 15.1.